The number of halogens is 2. The average molecular weight is 412 g/mol. The molecule has 1 aromatic heterocycles. The lowest BCUT2D eigenvalue weighted by Gasteiger charge is -2.21. The maximum Gasteiger partial charge on any atom is 0.264 e. The van der Waals surface area contributed by atoms with E-state index in [4.69, 9.17) is 18.0 Å². The topological polar surface area (TPSA) is 46.3 Å². The number of hydrogen-bond donors (Lipinski definition) is 1. The first-order valence-corrected chi connectivity index (χ1v) is 8.34. The molecule has 18 heavy (non-hydrogen) atoms. The highest BCUT2D eigenvalue weighted by Crippen LogP contribution is 2.35. The fourth-order valence-corrected chi connectivity index (χ4v) is 3.74. The molecule has 0 aliphatic heterocycles. The first kappa shape index (κ1) is 14.4. The van der Waals surface area contributed by atoms with E-state index in [0.717, 1.165) is 26.0 Å². The summed E-state index contributed by atoms with van der Waals surface area (Å²) < 4.78 is 1.86. The summed E-state index contributed by atoms with van der Waals surface area (Å²) >= 11 is 13.1. The summed E-state index contributed by atoms with van der Waals surface area (Å²) in [5, 5.41) is 0. The van der Waals surface area contributed by atoms with E-state index in [9.17, 15) is 4.79 Å². The maximum atomic E-state index is 12.4. The molecule has 0 spiro atoms. The Hall–Kier alpha value is 0.0200. The van der Waals surface area contributed by atoms with Gasteiger partial charge in [-0.2, -0.15) is 0 Å². The number of carbonyl (C=O) groups is 1. The van der Waals surface area contributed by atoms with E-state index in [1.165, 1.54) is 11.3 Å². The van der Waals surface area contributed by atoms with Crippen LogP contribution in [-0.2, 0) is 0 Å². The summed E-state index contributed by atoms with van der Waals surface area (Å²) in [6.45, 7) is 0.617. The molecule has 1 amide bonds. The Bertz CT molecular complexity index is 466. The van der Waals surface area contributed by atoms with Crippen LogP contribution in [0.1, 0.15) is 28.9 Å². The molecule has 0 bridgehead atoms. The average Bonchev–Trinajstić information content (AvgIpc) is 3.06. The van der Waals surface area contributed by atoms with E-state index in [1.54, 1.807) is 0 Å². The third-order valence-corrected chi connectivity index (χ3v) is 6.15. The zero-order chi connectivity index (χ0) is 13.3. The molecule has 3 nitrogen and oxygen atoms in total. The molecule has 2 N–H and O–H groups in total. The highest BCUT2D eigenvalue weighted by Gasteiger charge is 2.33. The van der Waals surface area contributed by atoms with Crippen LogP contribution in [0.2, 0.25) is 0 Å². The molecule has 1 aromatic rings. The third kappa shape index (κ3) is 3.53. The van der Waals surface area contributed by atoms with Gasteiger partial charge in [0.2, 0.25) is 0 Å². The minimum atomic E-state index is 0.0742. The lowest BCUT2D eigenvalue weighted by atomic mass is 10.3. The molecular weight excluding hydrogens is 400 g/mol. The molecule has 0 radical (unpaired) electrons. The van der Waals surface area contributed by atoms with Gasteiger partial charge in [0, 0.05) is 23.5 Å². The Kier molecular flexibility index (Phi) is 4.80. The fraction of sp³-hybridized carbons (Fsp3) is 0.455. The van der Waals surface area contributed by atoms with Crippen LogP contribution in [0, 0.1) is 0 Å². The number of nitrogens with zero attached hydrogens (tertiary/aromatic N) is 1. The molecule has 7 heteroatoms. The van der Waals surface area contributed by atoms with Gasteiger partial charge in [-0.05, 0) is 50.8 Å². The van der Waals surface area contributed by atoms with Crippen LogP contribution in [0.25, 0.3) is 0 Å². The molecule has 0 aromatic carbocycles. The SMILES string of the molecule is NC(=S)CCN(C(=O)c1cc(Br)c(Br)s1)C1CC1. The highest BCUT2D eigenvalue weighted by molar-refractivity contribution is 9.13. The van der Waals surface area contributed by atoms with Crippen LogP contribution in [0.3, 0.4) is 0 Å². The zero-order valence-electron chi connectivity index (χ0n) is 9.49. The highest BCUT2D eigenvalue weighted by atomic mass is 79.9. The molecule has 1 aliphatic carbocycles. The monoisotopic (exact) mass is 410 g/mol. The van der Waals surface area contributed by atoms with Crippen molar-refractivity contribution in [1.29, 1.82) is 0 Å². The second-order valence-corrected chi connectivity index (χ2v) is 7.93. The van der Waals surface area contributed by atoms with Gasteiger partial charge in [-0.15, -0.1) is 11.3 Å². The van der Waals surface area contributed by atoms with E-state index in [1.807, 2.05) is 11.0 Å². The van der Waals surface area contributed by atoms with Crippen molar-refractivity contribution in [1.82, 2.24) is 4.90 Å². The predicted molar refractivity (Wildman–Crippen MR) is 85.2 cm³/mol. The minimum Gasteiger partial charge on any atom is -0.393 e. The van der Waals surface area contributed by atoms with Gasteiger partial charge < -0.3 is 10.6 Å². The summed E-state index contributed by atoms with van der Waals surface area (Å²) in [4.78, 5) is 15.5. The van der Waals surface area contributed by atoms with Crippen molar-refractivity contribution in [2.75, 3.05) is 6.54 Å². The predicted octanol–water partition coefficient (Wildman–Crippen LogP) is 3.55. The summed E-state index contributed by atoms with van der Waals surface area (Å²) in [5.74, 6) is 0.0742. The quantitative estimate of drug-likeness (QED) is 0.753. The van der Waals surface area contributed by atoms with Crippen molar-refractivity contribution in [2.45, 2.75) is 25.3 Å². The van der Waals surface area contributed by atoms with Crippen LogP contribution in [0.15, 0.2) is 14.3 Å². The summed E-state index contributed by atoms with van der Waals surface area (Å²) in [6, 6.07) is 2.22. The Balaban J connectivity index is 2.10. The van der Waals surface area contributed by atoms with Crippen molar-refractivity contribution in [3.05, 3.63) is 19.2 Å². The smallest absolute Gasteiger partial charge is 0.264 e. The van der Waals surface area contributed by atoms with E-state index >= 15 is 0 Å². The lowest BCUT2D eigenvalue weighted by molar-refractivity contribution is 0.0753. The number of carbonyl (C=O) groups excluding carboxylic acids is 1. The largest absolute Gasteiger partial charge is 0.393 e. The van der Waals surface area contributed by atoms with Gasteiger partial charge in [-0.25, -0.2) is 0 Å². The second kappa shape index (κ2) is 5.98. The maximum absolute atomic E-state index is 12.4. The van der Waals surface area contributed by atoms with Crippen molar-refractivity contribution < 1.29 is 4.79 Å². The van der Waals surface area contributed by atoms with Crippen LogP contribution >= 0.6 is 55.4 Å². The Labute approximate surface area is 132 Å². The number of amides is 1. The van der Waals surface area contributed by atoms with E-state index < -0.39 is 0 Å². The van der Waals surface area contributed by atoms with Gasteiger partial charge in [0.05, 0.1) is 13.7 Å². The van der Waals surface area contributed by atoms with E-state index in [0.29, 0.717) is 24.0 Å². The minimum absolute atomic E-state index is 0.0742. The number of thiophene rings is 1. The summed E-state index contributed by atoms with van der Waals surface area (Å²) in [6.07, 6.45) is 2.75. The molecule has 1 aliphatic rings. The standard InChI is InChI=1S/C11H12Br2N2OS2/c12-7-5-8(18-10(7)13)11(16)15(6-1-2-6)4-3-9(14)17/h5-6H,1-4H2,(H2,14,17). The molecule has 0 atom stereocenters. The van der Waals surface area contributed by atoms with Crippen molar-refractivity contribution in [3.63, 3.8) is 0 Å². The molecule has 2 rings (SSSR count). The van der Waals surface area contributed by atoms with Crippen LogP contribution in [0.4, 0.5) is 0 Å². The van der Waals surface area contributed by atoms with Crippen molar-refractivity contribution in [3.8, 4) is 0 Å². The van der Waals surface area contributed by atoms with Gasteiger partial charge in [0.15, 0.2) is 0 Å². The molecule has 1 fully saturated rings. The normalized spacial score (nSPS) is 14.6. The van der Waals surface area contributed by atoms with Crippen molar-refractivity contribution in [2.24, 2.45) is 5.73 Å². The Morgan fingerprint density at radius 2 is 2.22 bits per heavy atom. The Morgan fingerprint density at radius 1 is 1.56 bits per heavy atom. The molecule has 98 valence electrons. The molecule has 0 unspecified atom stereocenters. The molecule has 0 saturated heterocycles. The van der Waals surface area contributed by atoms with Gasteiger partial charge >= 0.3 is 0 Å². The first-order valence-electron chi connectivity index (χ1n) is 5.53. The van der Waals surface area contributed by atoms with Gasteiger partial charge in [0.1, 0.15) is 0 Å². The molecule has 1 heterocycles. The Morgan fingerprint density at radius 3 is 2.67 bits per heavy atom. The first-order chi connectivity index (χ1) is 8.49. The number of nitrogens with two attached hydrogens (primary N) is 1. The van der Waals surface area contributed by atoms with Crippen molar-refractivity contribution >= 4 is 66.3 Å². The number of rotatable bonds is 5. The van der Waals surface area contributed by atoms with E-state index in [2.05, 4.69) is 31.9 Å². The third-order valence-electron chi connectivity index (χ3n) is 2.70. The summed E-state index contributed by atoms with van der Waals surface area (Å²) in [7, 11) is 0. The van der Waals surface area contributed by atoms with Gasteiger partial charge in [0.25, 0.3) is 5.91 Å². The molecular formula is C11H12Br2N2OS2. The summed E-state index contributed by atoms with van der Waals surface area (Å²) in [5.41, 5.74) is 5.51. The zero-order valence-corrected chi connectivity index (χ0v) is 14.3. The fourth-order valence-electron chi connectivity index (χ4n) is 1.66. The number of hydrogen-bond acceptors (Lipinski definition) is 3. The van der Waals surface area contributed by atoms with Crippen LogP contribution in [-0.4, -0.2) is 28.4 Å². The van der Waals surface area contributed by atoms with E-state index in [-0.39, 0.29) is 5.91 Å². The number of thiocarbonyl (C=S) groups is 1. The second-order valence-electron chi connectivity index (χ2n) is 4.18. The van der Waals surface area contributed by atoms with Gasteiger partial charge in [-0.3, -0.25) is 4.79 Å². The lowest BCUT2D eigenvalue weighted by Crippen LogP contribution is -2.35. The van der Waals surface area contributed by atoms with Gasteiger partial charge in [-0.1, -0.05) is 12.2 Å². The van der Waals surface area contributed by atoms with Crippen LogP contribution < -0.4 is 5.73 Å². The van der Waals surface area contributed by atoms with Crippen LogP contribution in [0.5, 0.6) is 0 Å². The molecule has 1 saturated carbocycles.